The number of aromatic nitrogens is 2. The molecule has 2 N–H and O–H groups in total. The van der Waals surface area contributed by atoms with E-state index in [1.165, 1.54) is 10.1 Å². The van der Waals surface area contributed by atoms with Crippen molar-refractivity contribution in [3.63, 3.8) is 0 Å². The molecule has 1 heterocycles. The van der Waals surface area contributed by atoms with Crippen LogP contribution in [-0.4, -0.2) is 34.9 Å². The first kappa shape index (κ1) is 23.8. The topological polar surface area (TPSA) is 76.1 Å². The van der Waals surface area contributed by atoms with Gasteiger partial charge >= 0.3 is 0 Å². The zero-order valence-electron chi connectivity index (χ0n) is 18.7. The number of nitrogens with one attached hydrogen (secondary N) is 2. The lowest BCUT2D eigenvalue weighted by atomic mass is 10.1. The second-order valence-electron chi connectivity index (χ2n) is 7.72. The van der Waals surface area contributed by atoms with Crippen LogP contribution < -0.4 is 15.6 Å². The van der Waals surface area contributed by atoms with Crippen LogP contribution in [0.3, 0.4) is 0 Å². The lowest BCUT2D eigenvalue weighted by molar-refractivity contribution is 0.0956. The van der Waals surface area contributed by atoms with Crippen molar-refractivity contribution in [2.45, 2.75) is 12.3 Å². The third-order valence-electron chi connectivity index (χ3n) is 5.39. The zero-order valence-corrected chi connectivity index (χ0v) is 20.4. The molecule has 0 spiro atoms. The summed E-state index contributed by atoms with van der Waals surface area (Å²) in [6.07, 6.45) is 0. The van der Waals surface area contributed by atoms with E-state index < -0.39 is 0 Å². The van der Waals surface area contributed by atoms with Gasteiger partial charge in [-0.05, 0) is 53.7 Å². The Labute approximate surface area is 207 Å². The van der Waals surface area contributed by atoms with Gasteiger partial charge in [-0.2, -0.15) is 11.8 Å². The Morgan fingerprint density at radius 2 is 1.82 bits per heavy atom. The molecule has 0 atom stereocenters. The van der Waals surface area contributed by atoms with Gasteiger partial charge in [0.25, 0.3) is 11.5 Å². The molecular weight excluding hydrogens is 466 g/mol. The third-order valence-corrected chi connectivity index (χ3v) is 6.74. The summed E-state index contributed by atoms with van der Waals surface area (Å²) in [5, 5.41) is 3.42. The standard InChI is InChI=1S/C26H25N3O3S2/c1-32-21-10-7-18(8-11-21)16-29-25(31)22-12-9-20(15-23(22)28-26(29)33)24(30)27-13-14-34-17-19-5-3-2-4-6-19/h2-12,15H,13-14,16-17H2,1H3,(H,27,30)(H,28,33). The smallest absolute Gasteiger partial charge is 0.262 e. The number of fused-ring (bicyclic) bond motifs is 1. The molecule has 4 aromatic rings. The predicted octanol–water partition coefficient (Wildman–Crippen LogP) is 4.78. The average molecular weight is 492 g/mol. The van der Waals surface area contributed by atoms with Gasteiger partial charge in [-0.15, -0.1) is 0 Å². The Hall–Kier alpha value is -3.36. The zero-order chi connectivity index (χ0) is 23.9. The molecule has 8 heteroatoms. The van der Waals surface area contributed by atoms with Crippen molar-refractivity contribution in [1.82, 2.24) is 14.9 Å². The van der Waals surface area contributed by atoms with Gasteiger partial charge in [0.2, 0.25) is 0 Å². The van der Waals surface area contributed by atoms with Crippen LogP contribution >= 0.6 is 24.0 Å². The molecule has 0 aliphatic heterocycles. The molecule has 34 heavy (non-hydrogen) atoms. The van der Waals surface area contributed by atoms with E-state index in [2.05, 4.69) is 22.4 Å². The highest BCUT2D eigenvalue weighted by molar-refractivity contribution is 7.98. The minimum Gasteiger partial charge on any atom is -0.497 e. The van der Waals surface area contributed by atoms with Crippen LogP contribution in [0.1, 0.15) is 21.5 Å². The highest BCUT2D eigenvalue weighted by Crippen LogP contribution is 2.15. The van der Waals surface area contributed by atoms with E-state index in [9.17, 15) is 9.59 Å². The second-order valence-corrected chi connectivity index (χ2v) is 9.22. The minimum atomic E-state index is -0.196. The molecule has 1 aromatic heterocycles. The van der Waals surface area contributed by atoms with Crippen molar-refractivity contribution in [3.05, 3.63) is 105 Å². The summed E-state index contributed by atoms with van der Waals surface area (Å²) in [5.74, 6) is 2.29. The predicted molar refractivity (Wildman–Crippen MR) is 140 cm³/mol. The molecule has 4 rings (SSSR count). The van der Waals surface area contributed by atoms with Crippen molar-refractivity contribution < 1.29 is 9.53 Å². The van der Waals surface area contributed by atoms with Gasteiger partial charge in [0.1, 0.15) is 5.75 Å². The minimum absolute atomic E-state index is 0.177. The number of rotatable bonds is 9. The van der Waals surface area contributed by atoms with Crippen molar-refractivity contribution in [2.75, 3.05) is 19.4 Å². The molecule has 0 fully saturated rings. The summed E-state index contributed by atoms with van der Waals surface area (Å²) in [7, 11) is 1.61. The van der Waals surface area contributed by atoms with Crippen LogP contribution in [0.4, 0.5) is 0 Å². The number of H-pyrrole nitrogens is 1. The monoisotopic (exact) mass is 491 g/mol. The van der Waals surface area contributed by atoms with Crippen LogP contribution in [0.2, 0.25) is 0 Å². The molecule has 0 aliphatic rings. The van der Waals surface area contributed by atoms with E-state index in [1.807, 2.05) is 42.5 Å². The molecule has 0 bridgehead atoms. The third kappa shape index (κ3) is 5.76. The summed E-state index contributed by atoms with van der Waals surface area (Å²) in [4.78, 5) is 28.8. The highest BCUT2D eigenvalue weighted by atomic mass is 32.2. The summed E-state index contributed by atoms with van der Waals surface area (Å²) < 4.78 is 7.01. The van der Waals surface area contributed by atoms with Crippen LogP contribution in [0.15, 0.2) is 77.6 Å². The molecule has 0 aliphatic carbocycles. The number of methoxy groups -OCH3 is 1. The fraction of sp³-hybridized carbons (Fsp3) is 0.192. The molecule has 0 unspecified atom stereocenters. The number of amides is 1. The quantitative estimate of drug-likeness (QED) is 0.260. The number of aromatic amines is 1. The number of hydrogen-bond acceptors (Lipinski definition) is 5. The molecule has 174 valence electrons. The summed E-state index contributed by atoms with van der Waals surface area (Å²) in [6, 6.07) is 22.7. The van der Waals surface area contributed by atoms with E-state index >= 15 is 0 Å². The molecule has 0 saturated carbocycles. The van der Waals surface area contributed by atoms with Gasteiger partial charge in [0.05, 0.1) is 24.6 Å². The maximum atomic E-state index is 13.1. The Kier molecular flexibility index (Phi) is 7.82. The number of hydrogen-bond donors (Lipinski definition) is 2. The van der Waals surface area contributed by atoms with E-state index in [0.717, 1.165) is 22.8 Å². The Morgan fingerprint density at radius 1 is 1.06 bits per heavy atom. The first-order chi connectivity index (χ1) is 16.5. The summed E-state index contributed by atoms with van der Waals surface area (Å²) in [6.45, 7) is 0.908. The SMILES string of the molecule is COc1ccc(Cn2c(=S)[nH]c3cc(C(=O)NCCSCc4ccccc4)ccc3c2=O)cc1. The lowest BCUT2D eigenvalue weighted by Gasteiger charge is -2.10. The normalized spacial score (nSPS) is 10.9. The molecule has 6 nitrogen and oxygen atoms in total. The van der Waals surface area contributed by atoms with Gasteiger partial charge < -0.3 is 15.0 Å². The van der Waals surface area contributed by atoms with E-state index in [0.29, 0.717) is 34.3 Å². The fourth-order valence-electron chi connectivity index (χ4n) is 3.56. The lowest BCUT2D eigenvalue weighted by Crippen LogP contribution is -2.26. The maximum Gasteiger partial charge on any atom is 0.262 e. The van der Waals surface area contributed by atoms with Crippen LogP contribution in [0.5, 0.6) is 5.75 Å². The van der Waals surface area contributed by atoms with E-state index in [-0.39, 0.29) is 11.5 Å². The van der Waals surface area contributed by atoms with Crippen LogP contribution in [-0.2, 0) is 12.3 Å². The summed E-state index contributed by atoms with van der Waals surface area (Å²) in [5.41, 5.74) is 3.04. The fourth-order valence-corrected chi connectivity index (χ4v) is 4.63. The molecular formula is C26H25N3O3S2. The van der Waals surface area contributed by atoms with Crippen molar-refractivity contribution in [3.8, 4) is 5.75 Å². The molecule has 1 amide bonds. The van der Waals surface area contributed by atoms with Gasteiger partial charge in [-0.3, -0.25) is 14.2 Å². The van der Waals surface area contributed by atoms with Crippen molar-refractivity contribution in [2.24, 2.45) is 0 Å². The number of benzene rings is 3. The number of carbonyl (C=O) groups excluding carboxylic acids is 1. The van der Waals surface area contributed by atoms with Gasteiger partial charge in [0, 0.05) is 23.6 Å². The Bertz CT molecular complexity index is 1400. The van der Waals surface area contributed by atoms with E-state index in [1.54, 1.807) is 37.1 Å². The van der Waals surface area contributed by atoms with Gasteiger partial charge in [-0.25, -0.2) is 0 Å². The second kappa shape index (κ2) is 11.2. The molecule has 3 aromatic carbocycles. The van der Waals surface area contributed by atoms with Crippen LogP contribution in [0, 0.1) is 4.77 Å². The first-order valence-electron chi connectivity index (χ1n) is 10.8. The van der Waals surface area contributed by atoms with Crippen molar-refractivity contribution in [1.29, 1.82) is 0 Å². The number of thioether (sulfide) groups is 1. The van der Waals surface area contributed by atoms with Crippen LogP contribution in [0.25, 0.3) is 10.9 Å². The summed E-state index contributed by atoms with van der Waals surface area (Å²) >= 11 is 7.21. The highest BCUT2D eigenvalue weighted by Gasteiger charge is 2.11. The number of carbonyl (C=O) groups is 1. The number of nitrogens with zero attached hydrogens (tertiary/aromatic N) is 1. The number of ether oxygens (including phenoxy) is 1. The molecule has 0 radical (unpaired) electrons. The van der Waals surface area contributed by atoms with Crippen molar-refractivity contribution >= 4 is 40.8 Å². The Morgan fingerprint density at radius 3 is 2.56 bits per heavy atom. The average Bonchev–Trinajstić information content (AvgIpc) is 2.87. The first-order valence-corrected chi connectivity index (χ1v) is 12.4. The Balaban J connectivity index is 1.41. The van der Waals surface area contributed by atoms with E-state index in [4.69, 9.17) is 17.0 Å². The maximum absolute atomic E-state index is 13.1. The largest absolute Gasteiger partial charge is 0.497 e. The molecule has 0 saturated heterocycles. The van der Waals surface area contributed by atoms with Gasteiger partial charge in [-0.1, -0.05) is 42.5 Å². The van der Waals surface area contributed by atoms with Gasteiger partial charge in [0.15, 0.2) is 4.77 Å².